The summed E-state index contributed by atoms with van der Waals surface area (Å²) in [7, 11) is 0. The van der Waals surface area contributed by atoms with Crippen molar-refractivity contribution in [2.75, 3.05) is 5.32 Å². The number of aromatic nitrogens is 2. The van der Waals surface area contributed by atoms with Gasteiger partial charge in [-0.15, -0.1) is 0 Å². The fourth-order valence-electron chi connectivity index (χ4n) is 3.07. The first-order chi connectivity index (χ1) is 15.5. The largest absolute Gasteiger partial charge is 0.485 e. The minimum Gasteiger partial charge on any atom is -0.485 e. The third-order valence-electron chi connectivity index (χ3n) is 4.69. The van der Waals surface area contributed by atoms with Gasteiger partial charge in [0, 0.05) is 27.9 Å². The highest BCUT2D eigenvalue weighted by Gasteiger charge is 2.11. The maximum Gasteiger partial charge on any atom is 0.228 e. The number of carbonyl (C=O) groups excluding carboxylic acids is 1. The molecule has 8 heteroatoms. The predicted octanol–water partition coefficient (Wildman–Crippen LogP) is 6.11. The SMILES string of the molecule is Cc1ccncc1NC(=O)Cc1cc(Cl)cc(OCc2cc(-c3ccc(Cl)cc3)no2)c1. The van der Waals surface area contributed by atoms with Crippen LogP contribution in [0.25, 0.3) is 11.3 Å². The van der Waals surface area contributed by atoms with Gasteiger partial charge >= 0.3 is 0 Å². The van der Waals surface area contributed by atoms with E-state index < -0.39 is 0 Å². The molecule has 0 aliphatic heterocycles. The van der Waals surface area contributed by atoms with Gasteiger partial charge in [0.2, 0.25) is 5.91 Å². The average Bonchev–Trinajstić information content (AvgIpc) is 3.23. The summed E-state index contributed by atoms with van der Waals surface area (Å²) >= 11 is 12.2. The molecule has 6 nitrogen and oxygen atoms in total. The van der Waals surface area contributed by atoms with Gasteiger partial charge in [0.25, 0.3) is 0 Å². The minimum absolute atomic E-state index is 0.147. The third kappa shape index (κ3) is 5.66. The van der Waals surface area contributed by atoms with Crippen LogP contribution in [-0.4, -0.2) is 16.0 Å². The van der Waals surface area contributed by atoms with Gasteiger partial charge in [-0.3, -0.25) is 9.78 Å². The number of carbonyl (C=O) groups is 1. The van der Waals surface area contributed by atoms with E-state index in [0.29, 0.717) is 32.9 Å². The Kier molecular flexibility index (Phi) is 6.73. The molecule has 162 valence electrons. The molecular formula is C24H19Cl2N3O3. The summed E-state index contributed by atoms with van der Waals surface area (Å²) in [6.07, 6.45) is 3.45. The molecule has 0 radical (unpaired) electrons. The van der Waals surface area contributed by atoms with Crippen LogP contribution in [0.5, 0.6) is 5.75 Å². The van der Waals surface area contributed by atoms with E-state index >= 15 is 0 Å². The number of pyridine rings is 1. The molecule has 0 saturated heterocycles. The first-order valence-electron chi connectivity index (χ1n) is 9.80. The van der Waals surface area contributed by atoms with E-state index in [1.165, 1.54) is 0 Å². The Balaban J connectivity index is 1.39. The fourth-order valence-corrected chi connectivity index (χ4v) is 3.45. The van der Waals surface area contributed by atoms with Gasteiger partial charge in [-0.25, -0.2) is 0 Å². The highest BCUT2D eigenvalue weighted by molar-refractivity contribution is 6.31. The van der Waals surface area contributed by atoms with Crippen molar-refractivity contribution in [1.82, 2.24) is 10.1 Å². The number of hydrogen-bond acceptors (Lipinski definition) is 5. The highest BCUT2D eigenvalue weighted by atomic mass is 35.5. The number of nitrogens with one attached hydrogen (secondary N) is 1. The van der Waals surface area contributed by atoms with Gasteiger partial charge in [-0.2, -0.15) is 0 Å². The number of nitrogens with zero attached hydrogens (tertiary/aromatic N) is 2. The summed E-state index contributed by atoms with van der Waals surface area (Å²) in [5, 5.41) is 8.06. The first kappa shape index (κ1) is 21.9. The molecule has 0 spiro atoms. The minimum atomic E-state index is -0.169. The smallest absolute Gasteiger partial charge is 0.228 e. The van der Waals surface area contributed by atoms with E-state index in [4.69, 9.17) is 32.5 Å². The van der Waals surface area contributed by atoms with Gasteiger partial charge in [-0.1, -0.05) is 40.5 Å². The lowest BCUT2D eigenvalue weighted by molar-refractivity contribution is -0.115. The molecular weight excluding hydrogens is 449 g/mol. The van der Waals surface area contributed by atoms with E-state index in [-0.39, 0.29) is 18.9 Å². The zero-order chi connectivity index (χ0) is 22.5. The van der Waals surface area contributed by atoms with E-state index in [0.717, 1.165) is 16.7 Å². The predicted molar refractivity (Wildman–Crippen MR) is 124 cm³/mol. The van der Waals surface area contributed by atoms with Crippen molar-refractivity contribution in [3.8, 4) is 17.0 Å². The number of benzene rings is 2. The topological polar surface area (TPSA) is 77.2 Å². The van der Waals surface area contributed by atoms with Gasteiger partial charge in [0.05, 0.1) is 18.3 Å². The molecule has 0 aliphatic rings. The lowest BCUT2D eigenvalue weighted by atomic mass is 10.1. The molecule has 0 bridgehead atoms. The summed E-state index contributed by atoms with van der Waals surface area (Å²) in [5.41, 5.74) is 3.93. The van der Waals surface area contributed by atoms with Crippen molar-refractivity contribution < 1.29 is 14.1 Å². The lowest BCUT2D eigenvalue weighted by Crippen LogP contribution is -2.15. The van der Waals surface area contributed by atoms with Crippen molar-refractivity contribution in [2.24, 2.45) is 0 Å². The van der Waals surface area contributed by atoms with Gasteiger partial charge < -0.3 is 14.6 Å². The summed E-state index contributed by atoms with van der Waals surface area (Å²) in [4.78, 5) is 16.5. The standard InChI is InChI=1S/C24H19Cl2N3O3/c1-15-6-7-27-13-23(15)28-24(30)10-16-8-19(26)11-20(9-16)31-14-21-12-22(29-32-21)17-2-4-18(25)5-3-17/h2-9,11-13H,10,14H2,1H3,(H,28,30). The van der Waals surface area contributed by atoms with E-state index in [2.05, 4.69) is 15.5 Å². The van der Waals surface area contributed by atoms with Crippen LogP contribution in [-0.2, 0) is 17.8 Å². The lowest BCUT2D eigenvalue weighted by Gasteiger charge is -2.10. The second-order valence-electron chi connectivity index (χ2n) is 7.18. The molecule has 2 aromatic carbocycles. The molecule has 4 aromatic rings. The fraction of sp³-hybridized carbons (Fsp3) is 0.125. The Hall–Kier alpha value is -3.35. The molecule has 0 fully saturated rings. The maximum atomic E-state index is 12.4. The van der Waals surface area contributed by atoms with Crippen molar-refractivity contribution in [3.05, 3.63) is 93.9 Å². The van der Waals surface area contributed by atoms with Crippen molar-refractivity contribution >= 4 is 34.8 Å². The van der Waals surface area contributed by atoms with Gasteiger partial charge in [-0.05, 0) is 54.4 Å². The Morgan fingerprint density at radius 1 is 1.06 bits per heavy atom. The van der Waals surface area contributed by atoms with Crippen LogP contribution in [0, 0.1) is 6.92 Å². The van der Waals surface area contributed by atoms with E-state index in [1.807, 2.05) is 25.1 Å². The van der Waals surface area contributed by atoms with Crippen molar-refractivity contribution in [1.29, 1.82) is 0 Å². The number of aryl methyl sites for hydroxylation is 1. The van der Waals surface area contributed by atoms with Crippen molar-refractivity contribution in [2.45, 2.75) is 20.0 Å². The Bertz CT molecular complexity index is 1240. The number of ether oxygens (including phenoxy) is 1. The van der Waals surface area contributed by atoms with Crippen LogP contribution in [0.2, 0.25) is 10.0 Å². The molecule has 32 heavy (non-hydrogen) atoms. The Morgan fingerprint density at radius 2 is 1.88 bits per heavy atom. The summed E-state index contributed by atoms with van der Waals surface area (Å²) in [6.45, 7) is 2.08. The Morgan fingerprint density at radius 3 is 2.66 bits per heavy atom. The zero-order valence-electron chi connectivity index (χ0n) is 17.1. The quantitative estimate of drug-likeness (QED) is 0.354. The second kappa shape index (κ2) is 9.85. The number of rotatable bonds is 7. The molecule has 1 N–H and O–H groups in total. The molecule has 2 aromatic heterocycles. The number of halogens is 2. The molecule has 0 aliphatic carbocycles. The van der Waals surface area contributed by atoms with Gasteiger partial charge in [0.1, 0.15) is 18.1 Å². The normalized spacial score (nSPS) is 10.7. The molecule has 2 heterocycles. The summed E-state index contributed by atoms with van der Waals surface area (Å²) < 4.78 is 11.2. The molecule has 4 rings (SSSR count). The van der Waals surface area contributed by atoms with E-state index in [1.54, 1.807) is 48.8 Å². The number of hydrogen-bond donors (Lipinski definition) is 1. The van der Waals surface area contributed by atoms with Crippen LogP contribution in [0.4, 0.5) is 5.69 Å². The second-order valence-corrected chi connectivity index (χ2v) is 8.06. The van der Waals surface area contributed by atoms with Crippen LogP contribution >= 0.6 is 23.2 Å². The number of amides is 1. The van der Waals surface area contributed by atoms with Gasteiger partial charge in [0.15, 0.2) is 5.76 Å². The highest BCUT2D eigenvalue weighted by Crippen LogP contribution is 2.25. The molecule has 1 amide bonds. The first-order valence-corrected chi connectivity index (χ1v) is 10.6. The zero-order valence-corrected chi connectivity index (χ0v) is 18.7. The summed E-state index contributed by atoms with van der Waals surface area (Å²) in [5.74, 6) is 0.917. The molecule has 0 unspecified atom stereocenters. The average molecular weight is 468 g/mol. The molecule has 0 atom stereocenters. The number of anilines is 1. The third-order valence-corrected chi connectivity index (χ3v) is 5.16. The van der Waals surface area contributed by atoms with Crippen LogP contribution in [0.15, 0.2) is 71.5 Å². The van der Waals surface area contributed by atoms with Crippen LogP contribution < -0.4 is 10.1 Å². The summed E-state index contributed by atoms with van der Waals surface area (Å²) in [6, 6.07) is 16.2. The van der Waals surface area contributed by atoms with Crippen LogP contribution in [0.3, 0.4) is 0 Å². The maximum absolute atomic E-state index is 12.4. The van der Waals surface area contributed by atoms with E-state index in [9.17, 15) is 4.79 Å². The Labute approximate surface area is 195 Å². The monoisotopic (exact) mass is 467 g/mol. The molecule has 0 saturated carbocycles. The van der Waals surface area contributed by atoms with Crippen molar-refractivity contribution in [3.63, 3.8) is 0 Å². The van der Waals surface area contributed by atoms with Crippen LogP contribution in [0.1, 0.15) is 16.9 Å².